The van der Waals surface area contributed by atoms with Gasteiger partial charge in [-0.2, -0.15) is 0 Å². The van der Waals surface area contributed by atoms with Crippen LogP contribution in [0.3, 0.4) is 0 Å². The van der Waals surface area contributed by atoms with Crippen LogP contribution in [-0.2, 0) is 4.74 Å². The van der Waals surface area contributed by atoms with E-state index in [0.717, 1.165) is 0 Å². The number of ketones is 1. The molecule has 1 amide bonds. The van der Waals surface area contributed by atoms with E-state index in [2.05, 4.69) is 11.2 Å². The fraction of sp³-hybridized carbons (Fsp3) is 0.375. The first-order valence-corrected chi connectivity index (χ1v) is 6.46. The Morgan fingerprint density at radius 3 is 2.52 bits per heavy atom. The zero-order chi connectivity index (χ0) is 16.0. The number of terminal acetylenes is 1. The summed E-state index contributed by atoms with van der Waals surface area (Å²) >= 11 is 0. The number of halogens is 1. The van der Waals surface area contributed by atoms with Crippen LogP contribution in [0.2, 0.25) is 0 Å². The van der Waals surface area contributed by atoms with Crippen molar-refractivity contribution >= 4 is 11.9 Å². The SMILES string of the molecule is C#CCC(NC(=O)OC(C)(C)C)C(=O)c1ccccc1F. The first-order chi connectivity index (χ1) is 9.74. The lowest BCUT2D eigenvalue weighted by molar-refractivity contribution is 0.0492. The predicted molar refractivity (Wildman–Crippen MR) is 77.3 cm³/mol. The number of amides is 1. The third kappa shape index (κ3) is 5.27. The van der Waals surface area contributed by atoms with E-state index in [9.17, 15) is 14.0 Å². The zero-order valence-electron chi connectivity index (χ0n) is 12.3. The lowest BCUT2D eigenvalue weighted by atomic mass is 10.0. The molecule has 0 heterocycles. The van der Waals surface area contributed by atoms with E-state index in [0.29, 0.717) is 0 Å². The van der Waals surface area contributed by atoms with Gasteiger partial charge in [0.2, 0.25) is 0 Å². The van der Waals surface area contributed by atoms with Crippen molar-refractivity contribution < 1.29 is 18.7 Å². The van der Waals surface area contributed by atoms with Crippen molar-refractivity contribution in [2.45, 2.75) is 38.8 Å². The smallest absolute Gasteiger partial charge is 0.408 e. The molecule has 0 bridgehead atoms. The van der Waals surface area contributed by atoms with Crippen LogP contribution in [0, 0.1) is 18.2 Å². The molecular weight excluding hydrogens is 273 g/mol. The zero-order valence-corrected chi connectivity index (χ0v) is 12.3. The van der Waals surface area contributed by atoms with Crippen molar-refractivity contribution in [3.8, 4) is 12.3 Å². The van der Waals surface area contributed by atoms with Crippen molar-refractivity contribution in [2.75, 3.05) is 0 Å². The number of Topliss-reactive ketones (excluding diaryl/α,β-unsaturated/α-hetero) is 1. The van der Waals surface area contributed by atoms with Gasteiger partial charge in [-0.25, -0.2) is 9.18 Å². The number of carbonyl (C=O) groups excluding carboxylic acids is 2. The summed E-state index contributed by atoms with van der Waals surface area (Å²) in [5, 5.41) is 2.38. The van der Waals surface area contributed by atoms with Crippen molar-refractivity contribution in [1.29, 1.82) is 0 Å². The minimum Gasteiger partial charge on any atom is -0.444 e. The van der Waals surface area contributed by atoms with E-state index < -0.39 is 29.3 Å². The second kappa shape index (κ2) is 6.89. The maximum absolute atomic E-state index is 13.6. The highest BCUT2D eigenvalue weighted by Crippen LogP contribution is 2.12. The van der Waals surface area contributed by atoms with Gasteiger partial charge < -0.3 is 10.1 Å². The first kappa shape index (κ1) is 16.7. The van der Waals surface area contributed by atoms with Crippen molar-refractivity contribution in [2.24, 2.45) is 0 Å². The summed E-state index contributed by atoms with van der Waals surface area (Å²) in [4.78, 5) is 24.0. The fourth-order valence-corrected chi connectivity index (χ4v) is 1.63. The average molecular weight is 291 g/mol. The second-order valence-corrected chi connectivity index (χ2v) is 5.45. The van der Waals surface area contributed by atoms with Gasteiger partial charge in [0, 0.05) is 6.42 Å². The third-order valence-corrected chi connectivity index (χ3v) is 2.47. The fourth-order valence-electron chi connectivity index (χ4n) is 1.63. The summed E-state index contributed by atoms with van der Waals surface area (Å²) in [5.41, 5.74) is -0.819. The summed E-state index contributed by atoms with van der Waals surface area (Å²) in [6, 6.07) is 4.51. The minimum absolute atomic E-state index is 0.0492. The van der Waals surface area contributed by atoms with Crippen LogP contribution < -0.4 is 5.32 Å². The average Bonchev–Trinajstić information content (AvgIpc) is 2.36. The van der Waals surface area contributed by atoms with Crippen LogP contribution in [0.1, 0.15) is 37.6 Å². The Balaban J connectivity index is 2.88. The topological polar surface area (TPSA) is 55.4 Å². The Labute approximate surface area is 123 Å². The Kier molecular flexibility index (Phi) is 5.48. The molecule has 1 atom stereocenters. The molecule has 5 heteroatoms. The largest absolute Gasteiger partial charge is 0.444 e. The summed E-state index contributed by atoms with van der Waals surface area (Å²) in [5.74, 6) is 1.05. The summed E-state index contributed by atoms with van der Waals surface area (Å²) in [6.07, 6.45) is 4.38. The summed E-state index contributed by atoms with van der Waals surface area (Å²) in [6.45, 7) is 5.09. The molecule has 1 N–H and O–H groups in total. The van der Waals surface area contributed by atoms with Gasteiger partial charge >= 0.3 is 6.09 Å². The van der Waals surface area contributed by atoms with Crippen LogP contribution in [-0.4, -0.2) is 23.5 Å². The van der Waals surface area contributed by atoms with E-state index >= 15 is 0 Å². The highest BCUT2D eigenvalue weighted by molar-refractivity contribution is 6.01. The highest BCUT2D eigenvalue weighted by Gasteiger charge is 2.26. The van der Waals surface area contributed by atoms with Crippen molar-refractivity contribution in [1.82, 2.24) is 5.32 Å². The number of hydrogen-bond acceptors (Lipinski definition) is 3. The van der Waals surface area contributed by atoms with Gasteiger partial charge in [0.15, 0.2) is 5.78 Å². The molecule has 0 aliphatic rings. The number of rotatable bonds is 4. The molecular formula is C16H18FNO3. The van der Waals surface area contributed by atoms with Crippen molar-refractivity contribution in [3.05, 3.63) is 35.6 Å². The monoisotopic (exact) mass is 291 g/mol. The molecule has 0 aliphatic carbocycles. The molecule has 0 radical (unpaired) electrons. The molecule has 112 valence electrons. The lowest BCUT2D eigenvalue weighted by Gasteiger charge is -2.22. The van der Waals surface area contributed by atoms with Crippen LogP contribution in [0.4, 0.5) is 9.18 Å². The summed E-state index contributed by atoms with van der Waals surface area (Å²) in [7, 11) is 0. The molecule has 0 fully saturated rings. The molecule has 1 unspecified atom stereocenters. The second-order valence-electron chi connectivity index (χ2n) is 5.45. The molecule has 1 aromatic carbocycles. The Hall–Kier alpha value is -2.35. The van der Waals surface area contributed by atoms with Crippen LogP contribution in [0.25, 0.3) is 0 Å². The van der Waals surface area contributed by atoms with Gasteiger partial charge in [0.1, 0.15) is 17.5 Å². The van der Waals surface area contributed by atoms with E-state index in [1.165, 1.54) is 24.3 Å². The van der Waals surface area contributed by atoms with E-state index in [-0.39, 0.29) is 12.0 Å². The van der Waals surface area contributed by atoms with Crippen LogP contribution >= 0.6 is 0 Å². The Bertz CT molecular complexity index is 570. The Morgan fingerprint density at radius 2 is 2.00 bits per heavy atom. The molecule has 0 aromatic heterocycles. The van der Waals surface area contributed by atoms with Gasteiger partial charge in [-0.3, -0.25) is 4.79 Å². The molecule has 4 nitrogen and oxygen atoms in total. The van der Waals surface area contributed by atoms with E-state index in [4.69, 9.17) is 11.2 Å². The van der Waals surface area contributed by atoms with Gasteiger partial charge in [0.05, 0.1) is 5.56 Å². The number of ether oxygens (including phenoxy) is 1. The van der Waals surface area contributed by atoms with Crippen LogP contribution in [0.5, 0.6) is 0 Å². The first-order valence-electron chi connectivity index (χ1n) is 6.46. The number of alkyl carbamates (subject to hydrolysis) is 1. The third-order valence-electron chi connectivity index (χ3n) is 2.47. The van der Waals surface area contributed by atoms with Crippen molar-refractivity contribution in [3.63, 3.8) is 0 Å². The van der Waals surface area contributed by atoms with Gasteiger partial charge in [-0.1, -0.05) is 12.1 Å². The summed E-state index contributed by atoms with van der Waals surface area (Å²) < 4.78 is 18.7. The molecule has 21 heavy (non-hydrogen) atoms. The van der Waals surface area contributed by atoms with E-state index in [1.54, 1.807) is 20.8 Å². The van der Waals surface area contributed by atoms with Crippen LogP contribution in [0.15, 0.2) is 24.3 Å². The van der Waals surface area contributed by atoms with Gasteiger partial charge in [0.25, 0.3) is 0 Å². The Morgan fingerprint density at radius 1 is 1.38 bits per heavy atom. The molecule has 1 aromatic rings. The molecule has 0 spiro atoms. The lowest BCUT2D eigenvalue weighted by Crippen LogP contribution is -2.43. The predicted octanol–water partition coefficient (Wildman–Crippen LogP) is 2.93. The standard InChI is InChI=1S/C16H18FNO3/c1-5-8-13(18-15(20)21-16(2,3)4)14(19)11-9-6-7-10-12(11)17/h1,6-7,9-10,13H,8H2,2-4H3,(H,18,20). The number of hydrogen-bond donors (Lipinski definition) is 1. The highest BCUT2D eigenvalue weighted by atomic mass is 19.1. The van der Waals surface area contributed by atoms with E-state index in [1.807, 2.05) is 0 Å². The van der Waals surface area contributed by atoms with Gasteiger partial charge in [-0.05, 0) is 32.9 Å². The number of nitrogens with one attached hydrogen (secondary N) is 1. The van der Waals surface area contributed by atoms with Gasteiger partial charge in [-0.15, -0.1) is 12.3 Å². The normalized spacial score (nSPS) is 12.1. The molecule has 0 saturated heterocycles. The molecule has 0 saturated carbocycles. The molecule has 0 aliphatic heterocycles. The minimum atomic E-state index is -1.03. The maximum Gasteiger partial charge on any atom is 0.408 e. The molecule has 1 rings (SSSR count). The maximum atomic E-state index is 13.6. The quantitative estimate of drug-likeness (QED) is 0.685. The number of benzene rings is 1. The number of carbonyl (C=O) groups is 2.